The molecule has 1 amide bonds. The number of carboxylic acids is 1. The number of hydrogen-bond acceptors (Lipinski definition) is 2. The van der Waals surface area contributed by atoms with Gasteiger partial charge in [0.15, 0.2) is 0 Å². The van der Waals surface area contributed by atoms with Gasteiger partial charge in [-0.15, -0.1) is 0 Å². The zero-order valence-corrected chi connectivity index (χ0v) is 10.6. The molecule has 0 aromatic rings. The lowest BCUT2D eigenvalue weighted by atomic mass is 9.79. The maximum atomic E-state index is 12.1. The van der Waals surface area contributed by atoms with Crippen molar-refractivity contribution in [3.05, 3.63) is 12.2 Å². The predicted molar refractivity (Wildman–Crippen MR) is 65.6 cm³/mol. The monoisotopic (exact) mass is 239 g/mol. The van der Waals surface area contributed by atoms with Gasteiger partial charge < -0.3 is 10.0 Å². The number of carbonyl (C=O) groups is 2. The summed E-state index contributed by atoms with van der Waals surface area (Å²) in [6.45, 7) is 4.99. The fourth-order valence-electron chi connectivity index (χ4n) is 2.15. The van der Waals surface area contributed by atoms with Crippen molar-refractivity contribution in [1.82, 2.24) is 4.90 Å². The molecule has 1 aliphatic heterocycles. The molecule has 0 unspecified atom stereocenters. The van der Waals surface area contributed by atoms with E-state index in [9.17, 15) is 14.7 Å². The molecule has 96 valence electrons. The van der Waals surface area contributed by atoms with E-state index in [1.165, 1.54) is 0 Å². The van der Waals surface area contributed by atoms with Crippen molar-refractivity contribution in [3.63, 3.8) is 0 Å². The van der Waals surface area contributed by atoms with Gasteiger partial charge in [-0.25, -0.2) is 0 Å². The van der Waals surface area contributed by atoms with Gasteiger partial charge in [0.25, 0.3) is 0 Å². The normalized spacial score (nSPS) is 16.0. The van der Waals surface area contributed by atoms with Crippen molar-refractivity contribution in [2.45, 2.75) is 39.5 Å². The van der Waals surface area contributed by atoms with Gasteiger partial charge in [0.05, 0.1) is 5.41 Å². The summed E-state index contributed by atoms with van der Waals surface area (Å²) in [5.74, 6) is -0.899. The van der Waals surface area contributed by atoms with Crippen LogP contribution in [0.5, 0.6) is 0 Å². The van der Waals surface area contributed by atoms with Crippen molar-refractivity contribution in [2.75, 3.05) is 13.1 Å². The molecule has 17 heavy (non-hydrogen) atoms. The first-order valence-electron chi connectivity index (χ1n) is 6.22. The molecular weight excluding hydrogens is 218 g/mol. The Kier molecular flexibility index (Phi) is 4.73. The van der Waals surface area contributed by atoms with E-state index in [1.54, 1.807) is 4.90 Å². The summed E-state index contributed by atoms with van der Waals surface area (Å²) in [7, 11) is 0. The van der Waals surface area contributed by atoms with Crippen LogP contribution in [0.3, 0.4) is 0 Å². The molecular formula is C13H21NO3. The molecule has 1 N–H and O–H groups in total. The number of aliphatic carboxylic acids is 1. The Morgan fingerprint density at radius 2 is 1.94 bits per heavy atom. The maximum Gasteiger partial charge on any atom is 0.310 e. The SMILES string of the molecule is CCC(CC)(CC(=O)N1CC=CCC1)C(=O)O. The third-order valence-corrected chi connectivity index (χ3v) is 3.71. The average molecular weight is 239 g/mol. The van der Waals surface area contributed by atoms with Gasteiger partial charge in [0, 0.05) is 19.5 Å². The molecule has 1 rings (SSSR count). The topological polar surface area (TPSA) is 57.6 Å². The molecule has 1 aliphatic rings. The van der Waals surface area contributed by atoms with Gasteiger partial charge in [0.1, 0.15) is 0 Å². The van der Waals surface area contributed by atoms with E-state index in [1.807, 2.05) is 26.0 Å². The molecule has 0 spiro atoms. The Morgan fingerprint density at radius 1 is 1.29 bits per heavy atom. The first-order valence-corrected chi connectivity index (χ1v) is 6.22. The van der Waals surface area contributed by atoms with Crippen LogP contribution >= 0.6 is 0 Å². The summed E-state index contributed by atoms with van der Waals surface area (Å²) in [5.41, 5.74) is -0.891. The molecule has 0 radical (unpaired) electrons. The molecule has 0 atom stereocenters. The lowest BCUT2D eigenvalue weighted by Crippen LogP contribution is -2.40. The van der Waals surface area contributed by atoms with Gasteiger partial charge in [-0.2, -0.15) is 0 Å². The summed E-state index contributed by atoms with van der Waals surface area (Å²) in [4.78, 5) is 25.1. The van der Waals surface area contributed by atoms with E-state index in [0.717, 1.165) is 6.42 Å². The van der Waals surface area contributed by atoms with Crippen molar-refractivity contribution >= 4 is 11.9 Å². The van der Waals surface area contributed by atoms with Gasteiger partial charge >= 0.3 is 5.97 Å². The minimum absolute atomic E-state index is 0.0412. The summed E-state index contributed by atoms with van der Waals surface area (Å²) >= 11 is 0. The van der Waals surface area contributed by atoms with Crippen LogP contribution in [0.25, 0.3) is 0 Å². The first-order chi connectivity index (χ1) is 8.05. The van der Waals surface area contributed by atoms with E-state index in [-0.39, 0.29) is 12.3 Å². The third kappa shape index (κ3) is 3.08. The molecule has 0 aliphatic carbocycles. The number of amides is 1. The molecule has 0 saturated carbocycles. The van der Waals surface area contributed by atoms with Crippen LogP contribution in [0.15, 0.2) is 12.2 Å². The van der Waals surface area contributed by atoms with Crippen LogP contribution in [0, 0.1) is 5.41 Å². The van der Waals surface area contributed by atoms with Crippen LogP contribution in [0.1, 0.15) is 39.5 Å². The molecule has 1 heterocycles. The quantitative estimate of drug-likeness (QED) is 0.747. The Labute approximate surface area is 102 Å². The minimum Gasteiger partial charge on any atom is -0.481 e. The van der Waals surface area contributed by atoms with Crippen molar-refractivity contribution in [1.29, 1.82) is 0 Å². The van der Waals surface area contributed by atoms with Crippen molar-refractivity contribution in [2.24, 2.45) is 5.41 Å². The summed E-state index contributed by atoms with van der Waals surface area (Å²) in [6.07, 6.45) is 5.98. The molecule has 0 aromatic carbocycles. The van der Waals surface area contributed by atoms with Crippen molar-refractivity contribution < 1.29 is 14.7 Å². The van der Waals surface area contributed by atoms with E-state index in [4.69, 9.17) is 0 Å². The van der Waals surface area contributed by atoms with Crippen LogP contribution in [0.4, 0.5) is 0 Å². The first kappa shape index (κ1) is 13.7. The molecule has 0 fully saturated rings. The summed E-state index contributed by atoms with van der Waals surface area (Å²) < 4.78 is 0. The maximum absolute atomic E-state index is 12.1. The fourth-order valence-corrected chi connectivity index (χ4v) is 2.15. The van der Waals surface area contributed by atoms with E-state index in [0.29, 0.717) is 25.9 Å². The fraction of sp³-hybridized carbons (Fsp3) is 0.692. The van der Waals surface area contributed by atoms with Crippen molar-refractivity contribution in [3.8, 4) is 0 Å². The Morgan fingerprint density at radius 3 is 2.35 bits per heavy atom. The predicted octanol–water partition coefficient (Wildman–Crippen LogP) is 2.06. The second kappa shape index (κ2) is 5.84. The smallest absolute Gasteiger partial charge is 0.310 e. The second-order valence-electron chi connectivity index (χ2n) is 4.57. The molecule has 4 nitrogen and oxygen atoms in total. The lowest BCUT2D eigenvalue weighted by Gasteiger charge is -2.30. The van der Waals surface area contributed by atoms with Gasteiger partial charge in [-0.05, 0) is 19.3 Å². The standard InChI is InChI=1S/C13H21NO3/c1-3-13(4-2,12(16)17)10-11(15)14-8-6-5-7-9-14/h5-6H,3-4,7-10H2,1-2H3,(H,16,17). The number of carbonyl (C=O) groups excluding carboxylic acids is 1. The number of hydrogen-bond donors (Lipinski definition) is 1. The molecule has 4 heteroatoms. The zero-order chi connectivity index (χ0) is 12.9. The number of rotatable bonds is 5. The number of carboxylic acid groups (broad SMARTS) is 1. The zero-order valence-electron chi connectivity index (χ0n) is 10.6. The highest BCUT2D eigenvalue weighted by molar-refractivity contribution is 5.85. The summed E-state index contributed by atoms with van der Waals surface area (Å²) in [5, 5.41) is 9.29. The average Bonchev–Trinajstić information content (AvgIpc) is 2.36. The third-order valence-electron chi connectivity index (χ3n) is 3.71. The Bertz CT molecular complexity index is 319. The summed E-state index contributed by atoms with van der Waals surface area (Å²) in [6, 6.07) is 0. The lowest BCUT2D eigenvalue weighted by molar-refractivity contribution is -0.154. The molecule has 0 saturated heterocycles. The van der Waals surface area contributed by atoms with Gasteiger partial charge in [-0.3, -0.25) is 9.59 Å². The highest BCUT2D eigenvalue weighted by atomic mass is 16.4. The minimum atomic E-state index is -0.891. The van der Waals surface area contributed by atoms with Crippen LogP contribution in [-0.4, -0.2) is 35.0 Å². The second-order valence-corrected chi connectivity index (χ2v) is 4.57. The van der Waals surface area contributed by atoms with Gasteiger partial charge in [-0.1, -0.05) is 26.0 Å². The molecule has 0 bridgehead atoms. The van der Waals surface area contributed by atoms with E-state index >= 15 is 0 Å². The van der Waals surface area contributed by atoms with Gasteiger partial charge in [0.2, 0.25) is 5.91 Å². The highest BCUT2D eigenvalue weighted by Crippen LogP contribution is 2.31. The van der Waals surface area contributed by atoms with E-state index < -0.39 is 11.4 Å². The Balaban J connectivity index is 2.70. The van der Waals surface area contributed by atoms with Crippen LogP contribution in [0.2, 0.25) is 0 Å². The largest absolute Gasteiger partial charge is 0.481 e. The number of nitrogens with zero attached hydrogens (tertiary/aromatic N) is 1. The van der Waals surface area contributed by atoms with E-state index in [2.05, 4.69) is 0 Å². The Hall–Kier alpha value is -1.32. The molecule has 0 aromatic heterocycles. The highest BCUT2D eigenvalue weighted by Gasteiger charge is 2.38. The van der Waals surface area contributed by atoms with Crippen LogP contribution in [-0.2, 0) is 9.59 Å². The van der Waals surface area contributed by atoms with Crippen LogP contribution < -0.4 is 0 Å².